The fraction of sp³-hybridized carbons (Fsp3) is 0. The van der Waals surface area contributed by atoms with Crippen LogP contribution < -0.4 is 0 Å². The number of rotatable bonds is 5. The molecule has 0 saturated heterocycles. The lowest BCUT2D eigenvalue weighted by molar-refractivity contribution is 0.954. The summed E-state index contributed by atoms with van der Waals surface area (Å²) in [5.74, 6) is 1.83. The summed E-state index contributed by atoms with van der Waals surface area (Å²) in [6.07, 6.45) is 0. The minimum atomic E-state index is 0.579. The summed E-state index contributed by atoms with van der Waals surface area (Å²) in [5.41, 5.74) is 9.74. The third kappa shape index (κ3) is 5.04. The van der Waals surface area contributed by atoms with E-state index in [9.17, 15) is 0 Å². The van der Waals surface area contributed by atoms with Crippen molar-refractivity contribution in [2.24, 2.45) is 0 Å². The van der Waals surface area contributed by atoms with Crippen molar-refractivity contribution in [3.8, 4) is 45.5 Å². The SMILES string of the molecule is c1ccc(-c2nc(-c3ccc(-c4ccc5sc6ccccc6c5c4)cc3)nc(-n3c4ccccc4c4cc5c(cc43)c3ccccc3n5-c3ccccc3)n2)cc1. The van der Waals surface area contributed by atoms with Gasteiger partial charge in [-0.3, -0.25) is 4.57 Å². The molecule has 0 N–H and O–H groups in total. The van der Waals surface area contributed by atoms with Gasteiger partial charge in [0.05, 0.1) is 22.1 Å². The molecule has 0 spiro atoms. The van der Waals surface area contributed by atoms with Crippen molar-refractivity contribution in [1.29, 1.82) is 0 Å². The molecule has 12 aromatic rings. The summed E-state index contributed by atoms with van der Waals surface area (Å²) >= 11 is 1.84. The normalized spacial score (nSPS) is 11.9. The van der Waals surface area contributed by atoms with Gasteiger partial charge < -0.3 is 4.57 Å². The van der Waals surface area contributed by atoms with Crippen LogP contribution in [0.15, 0.2) is 188 Å². The average molecular weight is 746 g/mol. The van der Waals surface area contributed by atoms with E-state index in [0.29, 0.717) is 17.6 Å². The molecular formula is C51H31N5S. The first-order valence-corrected chi connectivity index (χ1v) is 19.9. The smallest absolute Gasteiger partial charge is 0.238 e. The molecule has 0 aliphatic heterocycles. The van der Waals surface area contributed by atoms with Gasteiger partial charge >= 0.3 is 0 Å². The van der Waals surface area contributed by atoms with Crippen LogP contribution in [0.4, 0.5) is 0 Å². The largest absolute Gasteiger partial charge is 0.309 e. The molecule has 8 aromatic carbocycles. The summed E-state index contributed by atoms with van der Waals surface area (Å²) in [4.78, 5) is 15.6. The number of benzene rings is 8. The van der Waals surface area contributed by atoms with Crippen LogP contribution in [-0.2, 0) is 0 Å². The van der Waals surface area contributed by atoms with Crippen molar-refractivity contribution in [2.45, 2.75) is 0 Å². The van der Waals surface area contributed by atoms with Gasteiger partial charge in [-0.05, 0) is 65.7 Å². The third-order valence-corrected chi connectivity index (χ3v) is 12.3. The van der Waals surface area contributed by atoms with Gasteiger partial charge in [-0.1, -0.05) is 133 Å². The average Bonchev–Trinajstić information content (AvgIpc) is 3.93. The number of nitrogens with zero attached hydrogens (tertiary/aromatic N) is 5. The molecule has 12 rings (SSSR count). The molecule has 4 heterocycles. The van der Waals surface area contributed by atoms with Crippen LogP contribution in [0, 0.1) is 0 Å². The predicted octanol–water partition coefficient (Wildman–Crippen LogP) is 13.4. The first-order valence-electron chi connectivity index (χ1n) is 19.1. The first-order chi connectivity index (χ1) is 28.2. The van der Waals surface area contributed by atoms with Crippen LogP contribution in [0.2, 0.25) is 0 Å². The van der Waals surface area contributed by atoms with E-state index in [0.717, 1.165) is 49.7 Å². The Labute approximate surface area is 331 Å². The van der Waals surface area contributed by atoms with E-state index in [1.807, 2.05) is 29.5 Å². The monoisotopic (exact) mass is 745 g/mol. The van der Waals surface area contributed by atoms with E-state index in [-0.39, 0.29) is 0 Å². The number of hydrogen-bond donors (Lipinski definition) is 0. The molecule has 6 heteroatoms. The van der Waals surface area contributed by atoms with Crippen LogP contribution in [0.3, 0.4) is 0 Å². The lowest BCUT2D eigenvalue weighted by Gasteiger charge is -2.11. The van der Waals surface area contributed by atoms with Crippen molar-refractivity contribution < 1.29 is 0 Å². The predicted molar refractivity (Wildman–Crippen MR) is 238 cm³/mol. The Kier molecular flexibility index (Phi) is 7.03. The van der Waals surface area contributed by atoms with E-state index in [2.05, 4.69) is 179 Å². The van der Waals surface area contributed by atoms with Crippen LogP contribution in [0.1, 0.15) is 0 Å². The molecular weight excluding hydrogens is 715 g/mol. The molecule has 0 bridgehead atoms. The highest BCUT2D eigenvalue weighted by Crippen LogP contribution is 2.40. The Morgan fingerprint density at radius 2 is 0.825 bits per heavy atom. The molecule has 266 valence electrons. The highest BCUT2D eigenvalue weighted by Gasteiger charge is 2.21. The number of hydrogen-bond acceptors (Lipinski definition) is 4. The molecule has 5 nitrogen and oxygen atoms in total. The van der Waals surface area contributed by atoms with Crippen molar-refractivity contribution in [2.75, 3.05) is 0 Å². The number of fused-ring (bicyclic) bond motifs is 9. The molecule has 0 aliphatic carbocycles. The Morgan fingerprint density at radius 1 is 0.316 bits per heavy atom. The maximum absolute atomic E-state index is 5.27. The maximum Gasteiger partial charge on any atom is 0.238 e. The van der Waals surface area contributed by atoms with Gasteiger partial charge in [0.2, 0.25) is 5.95 Å². The van der Waals surface area contributed by atoms with Gasteiger partial charge in [0.15, 0.2) is 11.6 Å². The maximum atomic E-state index is 5.27. The van der Waals surface area contributed by atoms with Crippen molar-refractivity contribution in [3.05, 3.63) is 188 Å². The fourth-order valence-corrected chi connectivity index (χ4v) is 9.62. The van der Waals surface area contributed by atoms with Gasteiger partial charge in [-0.2, -0.15) is 9.97 Å². The van der Waals surface area contributed by atoms with E-state index in [1.54, 1.807) is 0 Å². The number of para-hydroxylation sites is 3. The molecule has 0 radical (unpaired) electrons. The van der Waals surface area contributed by atoms with E-state index in [4.69, 9.17) is 15.0 Å². The zero-order valence-corrected chi connectivity index (χ0v) is 31.4. The Bertz CT molecular complexity index is 3510. The molecule has 0 saturated carbocycles. The summed E-state index contributed by atoms with van der Waals surface area (Å²) in [6.45, 7) is 0. The standard InChI is InChI=1S/C51H31N5S/c1-3-13-33(14-4-1)49-52-50(34-25-23-32(24-26-34)35-27-28-48-42(29-35)39-19-9-12-22-47(39)57-48)54-51(53-49)56-44-21-11-8-18-38(44)41-30-45-40(31-46(41)56)37-17-7-10-20-43(37)55(45)36-15-5-2-6-16-36/h1-31H. The topological polar surface area (TPSA) is 48.5 Å². The molecule has 0 unspecified atom stereocenters. The molecule has 0 aliphatic rings. The lowest BCUT2D eigenvalue weighted by Crippen LogP contribution is -2.06. The highest BCUT2D eigenvalue weighted by atomic mass is 32.1. The number of thiophene rings is 1. The first kappa shape index (κ1) is 31.9. The lowest BCUT2D eigenvalue weighted by atomic mass is 10.0. The van der Waals surface area contributed by atoms with Gasteiger partial charge in [-0.25, -0.2) is 4.98 Å². The van der Waals surface area contributed by atoms with E-state index < -0.39 is 0 Å². The molecule has 0 fully saturated rings. The molecule has 57 heavy (non-hydrogen) atoms. The minimum Gasteiger partial charge on any atom is -0.309 e. The second-order valence-corrected chi connectivity index (χ2v) is 15.5. The zero-order chi connectivity index (χ0) is 37.5. The van der Waals surface area contributed by atoms with Crippen LogP contribution >= 0.6 is 11.3 Å². The second kappa shape index (κ2) is 12.6. The van der Waals surface area contributed by atoms with E-state index in [1.165, 1.54) is 42.0 Å². The molecule has 0 amide bonds. The van der Waals surface area contributed by atoms with Crippen LogP contribution in [0.25, 0.3) is 109 Å². The quantitative estimate of drug-likeness (QED) is 0.176. The van der Waals surface area contributed by atoms with Gasteiger partial charge in [-0.15, -0.1) is 11.3 Å². The minimum absolute atomic E-state index is 0.579. The van der Waals surface area contributed by atoms with Crippen molar-refractivity contribution in [3.63, 3.8) is 0 Å². The number of aromatic nitrogens is 5. The van der Waals surface area contributed by atoms with Crippen molar-refractivity contribution in [1.82, 2.24) is 24.1 Å². The van der Waals surface area contributed by atoms with Crippen LogP contribution in [0.5, 0.6) is 0 Å². The van der Waals surface area contributed by atoms with E-state index >= 15 is 0 Å². The third-order valence-electron chi connectivity index (χ3n) is 11.2. The summed E-state index contributed by atoms with van der Waals surface area (Å²) < 4.78 is 7.20. The van der Waals surface area contributed by atoms with Gasteiger partial charge in [0.25, 0.3) is 0 Å². The highest BCUT2D eigenvalue weighted by molar-refractivity contribution is 7.25. The van der Waals surface area contributed by atoms with Gasteiger partial charge in [0, 0.05) is 58.5 Å². The van der Waals surface area contributed by atoms with Crippen LogP contribution in [-0.4, -0.2) is 24.1 Å². The van der Waals surface area contributed by atoms with Gasteiger partial charge in [0.1, 0.15) is 0 Å². The molecule has 0 atom stereocenters. The molecule has 4 aromatic heterocycles. The Hall–Kier alpha value is -7.41. The second-order valence-electron chi connectivity index (χ2n) is 14.5. The zero-order valence-electron chi connectivity index (χ0n) is 30.5. The summed E-state index contributed by atoms with van der Waals surface area (Å²) in [7, 11) is 0. The van der Waals surface area contributed by atoms with Crippen molar-refractivity contribution >= 4 is 75.1 Å². The fourth-order valence-electron chi connectivity index (χ4n) is 8.53. The Morgan fingerprint density at radius 3 is 1.53 bits per heavy atom. The summed E-state index contributed by atoms with van der Waals surface area (Å²) in [5, 5.41) is 7.24. The summed E-state index contributed by atoms with van der Waals surface area (Å²) in [6, 6.07) is 66.7. The Balaban J connectivity index is 1.06.